The molecule has 0 aromatic carbocycles. The molecule has 0 spiro atoms. The molecule has 0 radical (unpaired) electrons. The van der Waals surface area contributed by atoms with Gasteiger partial charge < -0.3 is 9.90 Å². The van der Waals surface area contributed by atoms with E-state index in [0.717, 1.165) is 6.29 Å². The lowest BCUT2D eigenvalue weighted by Crippen LogP contribution is -2.35. The second kappa shape index (κ2) is 5.04. The largest absolute Gasteiger partial charge is 0.481 e. The number of carboxylic acids is 1. The number of carbonyl (C=O) groups is 2. The van der Waals surface area contributed by atoms with Crippen molar-refractivity contribution in [2.75, 3.05) is 20.0 Å². The van der Waals surface area contributed by atoms with Gasteiger partial charge in [-0.05, 0) is 0 Å². The Hall–Kier alpha value is -0.470. The molecule has 0 aliphatic carbocycles. The van der Waals surface area contributed by atoms with Crippen LogP contribution in [-0.2, 0) is 14.1 Å². The van der Waals surface area contributed by atoms with E-state index in [9.17, 15) is 9.59 Å². The third kappa shape index (κ3) is 5.85. The predicted octanol–water partition coefficient (Wildman–Crippen LogP) is 1.89. The minimum absolute atomic E-state index is 0.136. The summed E-state index contributed by atoms with van der Waals surface area (Å²) in [4.78, 5) is 21.5. The summed E-state index contributed by atoms with van der Waals surface area (Å²) in [6.07, 6.45) is 0.0695. The minimum atomic E-state index is -1.56. The molecule has 0 bridgehead atoms. The van der Waals surface area contributed by atoms with Gasteiger partial charge in [-0.3, -0.25) is 4.79 Å². The first-order valence-corrected chi connectivity index (χ1v) is 7.81. The molecule has 15 heavy (non-hydrogen) atoms. The van der Waals surface area contributed by atoms with Crippen LogP contribution in [0.3, 0.4) is 0 Å². The highest BCUT2D eigenvalue weighted by molar-refractivity contribution is 7.69. The minimum Gasteiger partial charge on any atom is -0.481 e. The van der Waals surface area contributed by atoms with E-state index in [2.05, 4.69) is 0 Å². The summed E-state index contributed by atoms with van der Waals surface area (Å²) in [5, 5.41) is 8.76. The van der Waals surface area contributed by atoms with Crippen LogP contribution in [0.5, 0.6) is 0 Å². The topological polar surface area (TPSA) is 63.6 Å². The van der Waals surface area contributed by atoms with Gasteiger partial charge >= 0.3 is 5.97 Å². The SMILES string of the molecule is CC(C)(C=O)[C@H](CC(=O)O)O[P+](C)(C)C. The van der Waals surface area contributed by atoms with E-state index in [-0.39, 0.29) is 6.42 Å². The van der Waals surface area contributed by atoms with E-state index < -0.39 is 25.0 Å². The van der Waals surface area contributed by atoms with Crippen LogP contribution in [0.4, 0.5) is 0 Å². The zero-order valence-electron chi connectivity index (χ0n) is 9.98. The first-order chi connectivity index (χ1) is 6.58. The Morgan fingerprint density at radius 3 is 2.20 bits per heavy atom. The average molecular weight is 235 g/mol. The second-order valence-electron chi connectivity index (χ2n) is 5.02. The van der Waals surface area contributed by atoms with Crippen LogP contribution in [0, 0.1) is 5.41 Å². The molecule has 0 aliphatic heterocycles. The van der Waals surface area contributed by atoms with E-state index in [0.29, 0.717) is 0 Å². The van der Waals surface area contributed by atoms with Crippen LogP contribution in [-0.4, -0.2) is 43.5 Å². The first-order valence-electron chi connectivity index (χ1n) is 4.76. The lowest BCUT2D eigenvalue weighted by Gasteiger charge is -2.29. The molecule has 0 unspecified atom stereocenters. The Bertz CT molecular complexity index is 242. The number of carboxylic acid groups (broad SMARTS) is 1. The van der Waals surface area contributed by atoms with Crippen molar-refractivity contribution in [1.29, 1.82) is 0 Å². The van der Waals surface area contributed by atoms with E-state index in [1.165, 1.54) is 0 Å². The second-order valence-corrected chi connectivity index (χ2v) is 9.01. The maximum absolute atomic E-state index is 10.9. The van der Waals surface area contributed by atoms with Gasteiger partial charge in [0.15, 0.2) is 0 Å². The zero-order chi connectivity index (χ0) is 12.3. The van der Waals surface area contributed by atoms with Gasteiger partial charge in [-0.25, -0.2) is 4.52 Å². The molecule has 0 rings (SSSR count). The lowest BCUT2D eigenvalue weighted by molar-refractivity contribution is -0.140. The number of aliphatic carboxylic acids is 1. The molecule has 0 aliphatic rings. The van der Waals surface area contributed by atoms with E-state index >= 15 is 0 Å². The van der Waals surface area contributed by atoms with Crippen LogP contribution >= 0.6 is 7.49 Å². The molecule has 0 saturated carbocycles. The molecule has 1 atom stereocenters. The molecule has 0 fully saturated rings. The van der Waals surface area contributed by atoms with Crippen LogP contribution < -0.4 is 0 Å². The van der Waals surface area contributed by atoms with Crippen molar-refractivity contribution >= 4 is 19.7 Å². The van der Waals surface area contributed by atoms with Gasteiger partial charge in [0.2, 0.25) is 0 Å². The highest BCUT2D eigenvalue weighted by atomic mass is 31.2. The van der Waals surface area contributed by atoms with Gasteiger partial charge in [0.05, 0.1) is 31.8 Å². The fourth-order valence-corrected chi connectivity index (χ4v) is 2.16. The van der Waals surface area contributed by atoms with Gasteiger partial charge in [0.25, 0.3) is 0 Å². The molecule has 1 N–H and O–H groups in total. The summed E-state index contributed by atoms with van der Waals surface area (Å²) in [7, 11) is -1.56. The highest BCUT2D eigenvalue weighted by Gasteiger charge is 2.38. The van der Waals surface area contributed by atoms with E-state index in [1.54, 1.807) is 13.8 Å². The third-order valence-corrected chi connectivity index (χ3v) is 2.82. The number of hydrogen-bond donors (Lipinski definition) is 1. The third-order valence-electron chi connectivity index (χ3n) is 1.94. The monoisotopic (exact) mass is 235 g/mol. The van der Waals surface area contributed by atoms with Crippen molar-refractivity contribution < 1.29 is 19.2 Å². The Labute approximate surface area is 91.4 Å². The van der Waals surface area contributed by atoms with Crippen LogP contribution in [0.15, 0.2) is 0 Å². The molecule has 5 heteroatoms. The van der Waals surface area contributed by atoms with Crippen molar-refractivity contribution in [2.24, 2.45) is 5.41 Å². The van der Waals surface area contributed by atoms with Gasteiger partial charge in [-0.2, -0.15) is 0 Å². The Morgan fingerprint density at radius 1 is 1.47 bits per heavy atom. The summed E-state index contributed by atoms with van der Waals surface area (Å²) in [5.41, 5.74) is -0.758. The fourth-order valence-electron chi connectivity index (χ4n) is 1.05. The van der Waals surface area contributed by atoms with Crippen LogP contribution in [0.25, 0.3) is 0 Å². The number of carbonyl (C=O) groups excluding carboxylic acids is 1. The molecule has 0 aromatic rings. The molecular weight excluding hydrogens is 215 g/mol. The first kappa shape index (κ1) is 14.5. The molecule has 0 aromatic heterocycles. The molecule has 4 nitrogen and oxygen atoms in total. The van der Waals surface area contributed by atoms with Gasteiger partial charge in [-0.15, -0.1) is 0 Å². The molecule has 0 saturated heterocycles. The Kier molecular flexibility index (Phi) is 4.88. The fraction of sp³-hybridized carbons (Fsp3) is 0.800. The summed E-state index contributed by atoms with van der Waals surface area (Å²) < 4.78 is 5.70. The molecule has 0 heterocycles. The normalized spacial score (nSPS) is 14.7. The van der Waals surface area contributed by atoms with Gasteiger partial charge in [0.1, 0.15) is 19.9 Å². The average Bonchev–Trinajstić information content (AvgIpc) is 1.99. The van der Waals surface area contributed by atoms with Crippen molar-refractivity contribution in [3.05, 3.63) is 0 Å². The van der Waals surface area contributed by atoms with Gasteiger partial charge in [-0.1, -0.05) is 13.8 Å². The summed E-state index contributed by atoms with van der Waals surface area (Å²) in [5.74, 6) is -0.941. The Balaban J connectivity index is 4.73. The summed E-state index contributed by atoms with van der Waals surface area (Å²) in [6.45, 7) is 9.24. The molecule has 88 valence electrons. The van der Waals surface area contributed by atoms with Crippen molar-refractivity contribution in [1.82, 2.24) is 0 Å². The van der Waals surface area contributed by atoms with Crippen molar-refractivity contribution in [2.45, 2.75) is 26.4 Å². The lowest BCUT2D eigenvalue weighted by atomic mass is 9.87. The molecule has 0 amide bonds. The maximum Gasteiger partial charge on any atom is 0.306 e. The highest BCUT2D eigenvalue weighted by Crippen LogP contribution is 2.51. The zero-order valence-corrected chi connectivity index (χ0v) is 10.9. The number of hydrogen-bond acceptors (Lipinski definition) is 3. The summed E-state index contributed by atoms with van der Waals surface area (Å²) in [6, 6.07) is 0. The van der Waals surface area contributed by atoms with E-state index in [1.807, 2.05) is 20.0 Å². The van der Waals surface area contributed by atoms with E-state index in [4.69, 9.17) is 9.63 Å². The number of rotatable bonds is 6. The molecular formula is C10H20O4P+. The number of aldehydes is 1. The predicted molar refractivity (Wildman–Crippen MR) is 61.7 cm³/mol. The van der Waals surface area contributed by atoms with Crippen molar-refractivity contribution in [3.63, 3.8) is 0 Å². The van der Waals surface area contributed by atoms with Crippen LogP contribution in [0.2, 0.25) is 0 Å². The standard InChI is InChI=1S/C10H19O4P/c1-10(2,7-11)8(6-9(12)13)14-15(3,4)5/h7-8H,6H2,1-5H3/p+1/t8-/m0/s1. The smallest absolute Gasteiger partial charge is 0.306 e. The van der Waals surface area contributed by atoms with Gasteiger partial charge in [0, 0.05) is 0 Å². The quantitative estimate of drug-likeness (QED) is 0.564. The van der Waals surface area contributed by atoms with Crippen LogP contribution in [0.1, 0.15) is 20.3 Å². The van der Waals surface area contributed by atoms with Crippen molar-refractivity contribution in [3.8, 4) is 0 Å². The summed E-state index contributed by atoms with van der Waals surface area (Å²) >= 11 is 0. The Morgan fingerprint density at radius 2 is 1.93 bits per heavy atom. The maximum atomic E-state index is 10.9.